The maximum absolute atomic E-state index is 11.5. The fraction of sp³-hybridized carbons (Fsp3) is 0.778. The van der Waals surface area contributed by atoms with Crippen LogP contribution < -0.4 is 11.1 Å². The molecule has 0 aliphatic heterocycles. The van der Waals surface area contributed by atoms with Crippen LogP contribution in [0.2, 0.25) is 0 Å². The highest BCUT2D eigenvalue weighted by Crippen LogP contribution is 2.15. The van der Waals surface area contributed by atoms with Crippen LogP contribution in [-0.2, 0) is 4.79 Å². The standard InChI is InChI=1S/C9H19N3O2S/c1-4-9(5-2,8(10)12-14)11-7(13)6-15-3/h14H,4-6H2,1-3H3,(H2,10,12)(H,11,13). The van der Waals surface area contributed by atoms with Crippen LogP contribution >= 0.6 is 11.8 Å². The van der Waals surface area contributed by atoms with E-state index < -0.39 is 5.54 Å². The lowest BCUT2D eigenvalue weighted by molar-refractivity contribution is -0.119. The largest absolute Gasteiger partial charge is 0.409 e. The molecule has 0 radical (unpaired) electrons. The highest BCUT2D eigenvalue weighted by atomic mass is 32.2. The fourth-order valence-corrected chi connectivity index (χ4v) is 1.72. The third-order valence-corrected chi connectivity index (χ3v) is 3.01. The van der Waals surface area contributed by atoms with Crippen LogP contribution in [0.3, 0.4) is 0 Å². The van der Waals surface area contributed by atoms with E-state index in [1.165, 1.54) is 11.8 Å². The summed E-state index contributed by atoms with van der Waals surface area (Å²) in [6, 6.07) is 0. The van der Waals surface area contributed by atoms with Crippen molar-refractivity contribution >= 4 is 23.5 Å². The molecular formula is C9H19N3O2S. The van der Waals surface area contributed by atoms with E-state index in [1.54, 1.807) is 0 Å². The highest BCUT2D eigenvalue weighted by molar-refractivity contribution is 7.99. The summed E-state index contributed by atoms with van der Waals surface area (Å²) in [5.41, 5.74) is 4.88. The van der Waals surface area contributed by atoms with E-state index in [-0.39, 0.29) is 11.7 Å². The average molecular weight is 233 g/mol. The average Bonchev–Trinajstić information content (AvgIpc) is 2.25. The molecule has 0 spiro atoms. The van der Waals surface area contributed by atoms with Crippen molar-refractivity contribution in [2.45, 2.75) is 32.2 Å². The maximum Gasteiger partial charge on any atom is 0.230 e. The SMILES string of the molecule is CCC(CC)(NC(=O)CSC)C(N)=NO. The summed E-state index contributed by atoms with van der Waals surface area (Å²) in [7, 11) is 0. The van der Waals surface area contributed by atoms with Gasteiger partial charge in [-0.3, -0.25) is 4.79 Å². The number of nitrogens with two attached hydrogens (primary N) is 1. The number of nitrogens with one attached hydrogen (secondary N) is 1. The minimum Gasteiger partial charge on any atom is -0.409 e. The maximum atomic E-state index is 11.5. The molecule has 0 aliphatic carbocycles. The minimum absolute atomic E-state index is 0.0574. The lowest BCUT2D eigenvalue weighted by Crippen LogP contribution is -2.57. The molecular weight excluding hydrogens is 214 g/mol. The lowest BCUT2D eigenvalue weighted by Gasteiger charge is -2.31. The summed E-state index contributed by atoms with van der Waals surface area (Å²) in [5, 5.41) is 14.5. The van der Waals surface area contributed by atoms with Crippen molar-refractivity contribution in [1.82, 2.24) is 5.32 Å². The van der Waals surface area contributed by atoms with Crippen LogP contribution in [0.25, 0.3) is 0 Å². The molecule has 0 heterocycles. The summed E-state index contributed by atoms with van der Waals surface area (Å²) in [4.78, 5) is 11.5. The molecule has 0 aromatic rings. The first-order chi connectivity index (χ1) is 7.06. The summed E-state index contributed by atoms with van der Waals surface area (Å²) >= 11 is 1.44. The van der Waals surface area contributed by atoms with Gasteiger partial charge in [-0.15, -0.1) is 0 Å². The first kappa shape index (κ1) is 14.1. The van der Waals surface area contributed by atoms with E-state index in [2.05, 4.69) is 10.5 Å². The summed E-state index contributed by atoms with van der Waals surface area (Å²) in [6.07, 6.45) is 3.04. The summed E-state index contributed by atoms with van der Waals surface area (Å²) < 4.78 is 0. The van der Waals surface area contributed by atoms with E-state index >= 15 is 0 Å². The first-order valence-electron chi connectivity index (χ1n) is 4.84. The molecule has 0 aromatic heterocycles. The van der Waals surface area contributed by atoms with Crippen molar-refractivity contribution in [3.8, 4) is 0 Å². The number of hydrogen-bond donors (Lipinski definition) is 3. The Morgan fingerprint density at radius 1 is 1.53 bits per heavy atom. The van der Waals surface area contributed by atoms with Gasteiger partial charge in [0.25, 0.3) is 0 Å². The Morgan fingerprint density at radius 2 is 2.07 bits per heavy atom. The molecule has 6 heteroatoms. The number of hydrogen-bond acceptors (Lipinski definition) is 4. The number of oxime groups is 1. The van der Waals surface area contributed by atoms with Gasteiger partial charge in [0.05, 0.1) is 5.75 Å². The van der Waals surface area contributed by atoms with Crippen molar-refractivity contribution in [2.24, 2.45) is 10.9 Å². The highest BCUT2D eigenvalue weighted by Gasteiger charge is 2.32. The molecule has 0 fully saturated rings. The Balaban J connectivity index is 4.72. The van der Waals surface area contributed by atoms with E-state index in [1.807, 2.05) is 20.1 Å². The Hall–Kier alpha value is -0.910. The number of rotatable bonds is 6. The van der Waals surface area contributed by atoms with Gasteiger partial charge in [0.15, 0.2) is 5.84 Å². The van der Waals surface area contributed by atoms with Gasteiger partial charge in [0.1, 0.15) is 5.54 Å². The Labute approximate surface area is 94.5 Å². The summed E-state index contributed by atoms with van der Waals surface area (Å²) in [5.74, 6) is 0.334. The molecule has 0 saturated heterocycles. The third kappa shape index (κ3) is 3.62. The normalized spacial score (nSPS) is 12.6. The molecule has 1 amide bonds. The minimum atomic E-state index is -0.721. The zero-order valence-electron chi connectivity index (χ0n) is 9.41. The van der Waals surface area contributed by atoms with Crippen LogP contribution in [0.1, 0.15) is 26.7 Å². The van der Waals surface area contributed by atoms with E-state index in [4.69, 9.17) is 10.9 Å². The van der Waals surface area contributed by atoms with Gasteiger partial charge in [-0.2, -0.15) is 11.8 Å². The van der Waals surface area contributed by atoms with Gasteiger partial charge in [0, 0.05) is 0 Å². The topological polar surface area (TPSA) is 87.7 Å². The molecule has 0 aromatic carbocycles. The number of carbonyl (C=O) groups excluding carboxylic acids is 1. The van der Waals surface area contributed by atoms with E-state index in [0.717, 1.165) is 0 Å². The van der Waals surface area contributed by atoms with Crippen molar-refractivity contribution < 1.29 is 10.0 Å². The van der Waals surface area contributed by atoms with Gasteiger partial charge in [0.2, 0.25) is 5.91 Å². The molecule has 4 N–H and O–H groups in total. The van der Waals surface area contributed by atoms with Gasteiger partial charge in [-0.05, 0) is 19.1 Å². The van der Waals surface area contributed by atoms with E-state index in [0.29, 0.717) is 18.6 Å². The molecule has 15 heavy (non-hydrogen) atoms. The van der Waals surface area contributed by atoms with Gasteiger partial charge >= 0.3 is 0 Å². The fourth-order valence-electron chi connectivity index (χ4n) is 1.38. The number of amidine groups is 1. The predicted molar refractivity (Wildman–Crippen MR) is 63.2 cm³/mol. The van der Waals surface area contributed by atoms with Crippen LogP contribution in [-0.4, -0.2) is 34.5 Å². The monoisotopic (exact) mass is 233 g/mol. The molecule has 88 valence electrons. The second-order valence-corrected chi connectivity index (χ2v) is 4.12. The van der Waals surface area contributed by atoms with Crippen molar-refractivity contribution in [3.05, 3.63) is 0 Å². The second kappa shape index (κ2) is 6.55. The molecule has 0 atom stereocenters. The van der Waals surface area contributed by atoms with Gasteiger partial charge in [-0.1, -0.05) is 19.0 Å². The molecule has 0 unspecified atom stereocenters. The zero-order chi connectivity index (χ0) is 11.9. The van der Waals surface area contributed by atoms with Gasteiger partial charge < -0.3 is 16.3 Å². The van der Waals surface area contributed by atoms with E-state index in [9.17, 15) is 4.79 Å². The van der Waals surface area contributed by atoms with Crippen molar-refractivity contribution in [2.75, 3.05) is 12.0 Å². The second-order valence-electron chi connectivity index (χ2n) is 3.26. The molecule has 0 rings (SSSR count). The predicted octanol–water partition coefficient (Wildman–Crippen LogP) is 0.771. The molecule has 5 nitrogen and oxygen atoms in total. The molecule has 0 bridgehead atoms. The number of thioether (sulfide) groups is 1. The van der Waals surface area contributed by atoms with Crippen LogP contribution in [0.4, 0.5) is 0 Å². The summed E-state index contributed by atoms with van der Waals surface area (Å²) in [6.45, 7) is 3.78. The molecule has 0 saturated carbocycles. The number of carbonyl (C=O) groups is 1. The zero-order valence-corrected chi connectivity index (χ0v) is 10.2. The molecule has 0 aliphatic rings. The van der Waals surface area contributed by atoms with Crippen molar-refractivity contribution in [1.29, 1.82) is 0 Å². The quantitative estimate of drug-likeness (QED) is 0.274. The smallest absolute Gasteiger partial charge is 0.230 e. The first-order valence-corrected chi connectivity index (χ1v) is 6.23. The van der Waals surface area contributed by atoms with Gasteiger partial charge in [-0.25, -0.2) is 0 Å². The number of nitrogens with zero attached hydrogens (tertiary/aromatic N) is 1. The number of amides is 1. The third-order valence-electron chi connectivity index (χ3n) is 2.46. The van der Waals surface area contributed by atoms with Crippen LogP contribution in [0.15, 0.2) is 5.16 Å². The van der Waals surface area contributed by atoms with Crippen LogP contribution in [0, 0.1) is 0 Å². The Bertz CT molecular complexity index is 240. The van der Waals surface area contributed by atoms with Crippen molar-refractivity contribution in [3.63, 3.8) is 0 Å². The van der Waals surface area contributed by atoms with Crippen LogP contribution in [0.5, 0.6) is 0 Å². The Kier molecular flexibility index (Phi) is 6.15. The Morgan fingerprint density at radius 3 is 2.40 bits per heavy atom. The lowest BCUT2D eigenvalue weighted by atomic mass is 9.91.